The second-order valence-electron chi connectivity index (χ2n) is 4.54. The molecular formula is C13H17N3O. The summed E-state index contributed by atoms with van der Waals surface area (Å²) in [7, 11) is 0. The Morgan fingerprint density at radius 2 is 2.35 bits per heavy atom. The van der Waals surface area contributed by atoms with Gasteiger partial charge >= 0.3 is 0 Å². The van der Waals surface area contributed by atoms with Crippen molar-refractivity contribution in [3.8, 4) is 11.9 Å². The summed E-state index contributed by atoms with van der Waals surface area (Å²) in [6.07, 6.45) is 1.20. The number of aryl methyl sites for hydroxylation is 1. The Kier molecular flexibility index (Phi) is 3.60. The normalized spacial score (nSPS) is 24.1. The Balaban J connectivity index is 2.17. The van der Waals surface area contributed by atoms with Crippen molar-refractivity contribution in [2.75, 3.05) is 13.1 Å². The molecule has 1 N–H and O–H groups in total. The molecule has 0 aliphatic carbocycles. The van der Waals surface area contributed by atoms with Gasteiger partial charge in [-0.1, -0.05) is 6.92 Å². The van der Waals surface area contributed by atoms with Crippen LogP contribution in [0.1, 0.15) is 24.6 Å². The zero-order chi connectivity index (χ0) is 12.3. The number of nitriles is 1. The quantitative estimate of drug-likeness (QED) is 0.840. The van der Waals surface area contributed by atoms with Crippen LogP contribution < -0.4 is 10.1 Å². The van der Waals surface area contributed by atoms with Gasteiger partial charge in [0.05, 0.1) is 0 Å². The van der Waals surface area contributed by atoms with Crippen LogP contribution in [0.2, 0.25) is 0 Å². The number of nitrogens with zero attached hydrogens (tertiary/aromatic N) is 2. The minimum Gasteiger partial charge on any atom is -0.472 e. The average Bonchev–Trinajstić information content (AvgIpc) is 2.32. The molecule has 0 saturated carbocycles. The minimum absolute atomic E-state index is 0.102. The molecule has 0 bridgehead atoms. The van der Waals surface area contributed by atoms with Crippen LogP contribution in [0.3, 0.4) is 0 Å². The fraction of sp³-hybridized carbons (Fsp3) is 0.538. The molecule has 1 aromatic heterocycles. The predicted octanol–water partition coefficient (Wildman–Crippen LogP) is 1.64. The van der Waals surface area contributed by atoms with E-state index >= 15 is 0 Å². The predicted molar refractivity (Wildman–Crippen MR) is 64.8 cm³/mol. The summed E-state index contributed by atoms with van der Waals surface area (Å²) in [5.41, 5.74) is 1.38. The summed E-state index contributed by atoms with van der Waals surface area (Å²) in [6, 6.07) is 5.71. The molecule has 1 aliphatic rings. The van der Waals surface area contributed by atoms with E-state index < -0.39 is 0 Å². The molecule has 2 atom stereocenters. The van der Waals surface area contributed by atoms with E-state index in [2.05, 4.69) is 23.3 Å². The lowest BCUT2D eigenvalue weighted by Crippen LogP contribution is -2.43. The van der Waals surface area contributed by atoms with Gasteiger partial charge < -0.3 is 10.1 Å². The second-order valence-corrected chi connectivity index (χ2v) is 4.54. The molecule has 2 heterocycles. The van der Waals surface area contributed by atoms with E-state index in [1.807, 2.05) is 13.0 Å². The molecule has 1 aliphatic heterocycles. The number of ether oxygens (including phenoxy) is 1. The first-order chi connectivity index (χ1) is 8.20. The smallest absolute Gasteiger partial charge is 0.232 e. The highest BCUT2D eigenvalue weighted by molar-refractivity contribution is 5.38. The maximum absolute atomic E-state index is 9.02. The maximum atomic E-state index is 9.02. The van der Waals surface area contributed by atoms with Crippen molar-refractivity contribution in [1.29, 1.82) is 5.26 Å². The van der Waals surface area contributed by atoms with Crippen LogP contribution in [0.25, 0.3) is 0 Å². The van der Waals surface area contributed by atoms with E-state index in [-0.39, 0.29) is 6.10 Å². The Labute approximate surface area is 102 Å². The summed E-state index contributed by atoms with van der Waals surface area (Å²) in [6.45, 7) is 5.93. The topological polar surface area (TPSA) is 57.9 Å². The lowest BCUT2D eigenvalue weighted by Gasteiger charge is -2.29. The van der Waals surface area contributed by atoms with Gasteiger partial charge in [0.15, 0.2) is 0 Å². The van der Waals surface area contributed by atoms with Crippen molar-refractivity contribution in [3.05, 3.63) is 23.4 Å². The summed E-state index contributed by atoms with van der Waals surface area (Å²) >= 11 is 0. The number of piperidine rings is 1. The molecule has 0 radical (unpaired) electrons. The average molecular weight is 231 g/mol. The number of rotatable bonds is 2. The van der Waals surface area contributed by atoms with Crippen LogP contribution in [0.15, 0.2) is 12.1 Å². The Morgan fingerprint density at radius 3 is 3.06 bits per heavy atom. The van der Waals surface area contributed by atoms with Gasteiger partial charge in [-0.25, -0.2) is 4.98 Å². The zero-order valence-electron chi connectivity index (χ0n) is 10.2. The Hall–Kier alpha value is -1.60. The molecule has 2 unspecified atom stereocenters. The minimum atomic E-state index is 0.102. The molecule has 90 valence electrons. The summed E-state index contributed by atoms with van der Waals surface area (Å²) in [5, 5.41) is 12.3. The number of nitrogens with one attached hydrogen (secondary N) is 1. The monoisotopic (exact) mass is 231 g/mol. The summed E-state index contributed by atoms with van der Waals surface area (Å²) < 4.78 is 5.87. The van der Waals surface area contributed by atoms with Crippen LogP contribution in [0.5, 0.6) is 5.88 Å². The van der Waals surface area contributed by atoms with Crippen molar-refractivity contribution in [2.45, 2.75) is 26.4 Å². The van der Waals surface area contributed by atoms with Crippen molar-refractivity contribution >= 4 is 0 Å². The van der Waals surface area contributed by atoms with Gasteiger partial charge in [-0.2, -0.15) is 5.26 Å². The van der Waals surface area contributed by atoms with Crippen molar-refractivity contribution in [3.63, 3.8) is 0 Å². The standard InChI is InChI=1S/C13H17N3O/c1-9-5-6-15-8-12(9)17-13-11(7-14)4-3-10(2)16-13/h3-4,9,12,15H,5-6,8H2,1-2H3. The van der Waals surface area contributed by atoms with Crippen LogP contribution in [0, 0.1) is 24.2 Å². The number of hydrogen-bond donors (Lipinski definition) is 1. The number of hydrogen-bond acceptors (Lipinski definition) is 4. The Morgan fingerprint density at radius 1 is 1.53 bits per heavy atom. The maximum Gasteiger partial charge on any atom is 0.232 e. The van der Waals surface area contributed by atoms with Crippen molar-refractivity contribution in [2.24, 2.45) is 5.92 Å². The highest BCUT2D eigenvalue weighted by Crippen LogP contribution is 2.21. The Bertz CT molecular complexity index is 439. The first kappa shape index (κ1) is 11.9. The van der Waals surface area contributed by atoms with E-state index in [1.54, 1.807) is 6.07 Å². The van der Waals surface area contributed by atoms with Gasteiger partial charge in [-0.3, -0.25) is 0 Å². The molecule has 1 fully saturated rings. The first-order valence-corrected chi connectivity index (χ1v) is 5.96. The van der Waals surface area contributed by atoms with Gasteiger partial charge in [-0.05, 0) is 37.9 Å². The van der Waals surface area contributed by atoms with Gasteiger partial charge in [0, 0.05) is 12.2 Å². The fourth-order valence-electron chi connectivity index (χ4n) is 1.97. The van der Waals surface area contributed by atoms with Gasteiger partial charge in [0.1, 0.15) is 17.7 Å². The van der Waals surface area contributed by atoms with E-state index in [9.17, 15) is 0 Å². The lowest BCUT2D eigenvalue weighted by atomic mass is 9.97. The second kappa shape index (κ2) is 5.15. The largest absolute Gasteiger partial charge is 0.472 e. The van der Waals surface area contributed by atoms with E-state index in [0.29, 0.717) is 17.4 Å². The third-order valence-electron chi connectivity index (χ3n) is 3.14. The summed E-state index contributed by atoms with van der Waals surface area (Å²) in [4.78, 5) is 4.30. The van der Waals surface area contributed by atoms with Crippen LogP contribution in [-0.2, 0) is 0 Å². The molecule has 4 nitrogen and oxygen atoms in total. The molecular weight excluding hydrogens is 214 g/mol. The van der Waals surface area contributed by atoms with Gasteiger partial charge in [0.25, 0.3) is 0 Å². The van der Waals surface area contributed by atoms with Gasteiger partial charge in [-0.15, -0.1) is 0 Å². The van der Waals surface area contributed by atoms with Crippen LogP contribution >= 0.6 is 0 Å². The first-order valence-electron chi connectivity index (χ1n) is 5.96. The third kappa shape index (κ3) is 2.75. The number of aromatic nitrogens is 1. The van der Waals surface area contributed by atoms with Crippen LogP contribution in [-0.4, -0.2) is 24.2 Å². The zero-order valence-corrected chi connectivity index (χ0v) is 10.2. The fourth-order valence-corrected chi connectivity index (χ4v) is 1.97. The third-order valence-corrected chi connectivity index (χ3v) is 3.14. The molecule has 0 aromatic carbocycles. The van der Waals surface area contributed by atoms with Gasteiger partial charge in [0.2, 0.25) is 5.88 Å². The molecule has 4 heteroatoms. The SMILES string of the molecule is Cc1ccc(C#N)c(OC2CNCCC2C)n1. The van der Waals surface area contributed by atoms with E-state index in [0.717, 1.165) is 25.2 Å². The molecule has 17 heavy (non-hydrogen) atoms. The van der Waals surface area contributed by atoms with E-state index in [4.69, 9.17) is 10.00 Å². The molecule has 0 spiro atoms. The van der Waals surface area contributed by atoms with E-state index in [1.165, 1.54) is 0 Å². The highest BCUT2D eigenvalue weighted by atomic mass is 16.5. The lowest BCUT2D eigenvalue weighted by molar-refractivity contribution is 0.109. The highest BCUT2D eigenvalue weighted by Gasteiger charge is 2.24. The molecule has 1 saturated heterocycles. The molecule has 2 rings (SSSR count). The number of pyridine rings is 1. The van der Waals surface area contributed by atoms with Crippen molar-refractivity contribution < 1.29 is 4.74 Å². The van der Waals surface area contributed by atoms with Crippen LogP contribution in [0.4, 0.5) is 0 Å². The summed E-state index contributed by atoms with van der Waals surface area (Å²) in [5.74, 6) is 0.957. The molecule has 1 aromatic rings. The molecule has 0 amide bonds. The van der Waals surface area contributed by atoms with Crippen molar-refractivity contribution in [1.82, 2.24) is 10.3 Å².